The van der Waals surface area contributed by atoms with Gasteiger partial charge >= 0.3 is 0 Å². The summed E-state index contributed by atoms with van der Waals surface area (Å²) in [7, 11) is 0. The van der Waals surface area contributed by atoms with Crippen LogP contribution < -0.4 is 0 Å². The summed E-state index contributed by atoms with van der Waals surface area (Å²) in [4.78, 5) is 11.0. The van der Waals surface area contributed by atoms with Gasteiger partial charge in [-0.05, 0) is 24.5 Å². The lowest BCUT2D eigenvalue weighted by Crippen LogP contribution is -1.93. The molecule has 0 heterocycles. The normalized spacial score (nSPS) is 10.6. The molecule has 0 aromatic heterocycles. The van der Waals surface area contributed by atoms with Crippen molar-refractivity contribution < 1.29 is 4.79 Å². The molecule has 1 aromatic carbocycles. The molecule has 1 aromatic rings. The first-order valence-corrected chi connectivity index (χ1v) is 3.98. The average molecular weight is 170 g/mol. The molecule has 1 nitrogen and oxygen atoms in total. The van der Waals surface area contributed by atoms with Crippen molar-refractivity contribution in [2.45, 2.75) is 6.92 Å². The molecule has 13 heavy (non-hydrogen) atoms. The quantitative estimate of drug-likeness (QED) is 0.378. The van der Waals surface area contributed by atoms with E-state index < -0.39 is 0 Å². The van der Waals surface area contributed by atoms with Gasteiger partial charge in [0.15, 0.2) is 0 Å². The molecule has 0 atom stereocenters. The van der Waals surface area contributed by atoms with Gasteiger partial charge in [0.25, 0.3) is 0 Å². The van der Waals surface area contributed by atoms with Crippen molar-refractivity contribution in [3.63, 3.8) is 0 Å². The molecule has 1 heteroatoms. The number of ketones is 1. The lowest BCUT2D eigenvalue weighted by atomic mass is 10.1. The molecule has 0 amide bonds. The summed E-state index contributed by atoms with van der Waals surface area (Å²) in [6, 6.07) is 9.61. The topological polar surface area (TPSA) is 17.1 Å². The Balaban J connectivity index is 2.91. The van der Waals surface area contributed by atoms with Gasteiger partial charge in [0.2, 0.25) is 5.78 Å². The lowest BCUT2D eigenvalue weighted by molar-refractivity contribution is -0.110. The highest BCUT2D eigenvalue weighted by atomic mass is 16.1. The van der Waals surface area contributed by atoms with Crippen molar-refractivity contribution in [1.29, 1.82) is 0 Å². The van der Waals surface area contributed by atoms with Crippen LogP contribution >= 0.6 is 0 Å². The molecule has 0 saturated carbocycles. The number of hydrogen-bond acceptors (Lipinski definition) is 1. The van der Waals surface area contributed by atoms with Gasteiger partial charge in [-0.3, -0.25) is 4.79 Å². The van der Waals surface area contributed by atoms with Gasteiger partial charge in [0, 0.05) is 5.57 Å². The Labute approximate surface area is 78.1 Å². The molecule has 64 valence electrons. The third kappa shape index (κ3) is 2.61. The predicted octanol–water partition coefficient (Wildman–Crippen LogP) is 2.29. The molecule has 0 radical (unpaired) electrons. The third-order valence-electron chi connectivity index (χ3n) is 1.67. The van der Waals surface area contributed by atoms with Crippen LogP contribution in [0.2, 0.25) is 0 Å². The molecule has 0 aliphatic carbocycles. The van der Waals surface area contributed by atoms with Crippen LogP contribution in [0.4, 0.5) is 0 Å². The van der Waals surface area contributed by atoms with Crippen LogP contribution in [0.5, 0.6) is 0 Å². The van der Waals surface area contributed by atoms with E-state index in [0.717, 1.165) is 5.56 Å². The zero-order valence-corrected chi connectivity index (χ0v) is 7.45. The number of terminal acetylenes is 1. The van der Waals surface area contributed by atoms with E-state index in [4.69, 9.17) is 6.42 Å². The summed E-state index contributed by atoms with van der Waals surface area (Å²) in [6.07, 6.45) is 6.77. The smallest absolute Gasteiger partial charge is 0.231 e. The van der Waals surface area contributed by atoms with E-state index in [1.54, 1.807) is 13.0 Å². The first-order chi connectivity index (χ1) is 6.24. The van der Waals surface area contributed by atoms with E-state index in [9.17, 15) is 4.79 Å². The molecular formula is C12H10O. The van der Waals surface area contributed by atoms with E-state index in [1.807, 2.05) is 30.3 Å². The van der Waals surface area contributed by atoms with Crippen LogP contribution in [0.15, 0.2) is 35.9 Å². The summed E-state index contributed by atoms with van der Waals surface area (Å²) in [5.74, 6) is 1.82. The molecule has 0 bridgehead atoms. The zero-order chi connectivity index (χ0) is 9.68. The maximum Gasteiger partial charge on any atom is 0.231 e. The molecule has 0 aliphatic heterocycles. The third-order valence-corrected chi connectivity index (χ3v) is 1.67. The Kier molecular flexibility index (Phi) is 3.05. The number of hydrogen-bond donors (Lipinski definition) is 0. The van der Waals surface area contributed by atoms with Gasteiger partial charge in [-0.15, -0.1) is 6.42 Å². The second-order valence-electron chi connectivity index (χ2n) is 2.71. The Morgan fingerprint density at radius 3 is 2.54 bits per heavy atom. The van der Waals surface area contributed by atoms with Gasteiger partial charge in [0.05, 0.1) is 0 Å². The lowest BCUT2D eigenvalue weighted by Gasteiger charge is -1.94. The van der Waals surface area contributed by atoms with Crippen LogP contribution in [-0.4, -0.2) is 5.78 Å². The standard InChI is InChI=1S/C12H10O/c1-3-12(13)10(2)9-11-7-5-4-6-8-11/h1,4-9H,2H3/b10-9+. The number of carbonyl (C=O) groups is 1. The SMILES string of the molecule is C#CC(=O)/C(C)=C/c1ccccc1. The first kappa shape index (κ1) is 9.28. The molecule has 0 N–H and O–H groups in total. The minimum absolute atomic E-state index is 0.260. The van der Waals surface area contributed by atoms with Gasteiger partial charge in [-0.25, -0.2) is 0 Å². The zero-order valence-electron chi connectivity index (χ0n) is 7.45. The molecular weight excluding hydrogens is 160 g/mol. The summed E-state index contributed by atoms with van der Waals surface area (Å²) in [6.45, 7) is 1.72. The van der Waals surface area contributed by atoms with E-state index >= 15 is 0 Å². The summed E-state index contributed by atoms with van der Waals surface area (Å²) >= 11 is 0. The number of rotatable bonds is 2. The Morgan fingerprint density at radius 1 is 1.38 bits per heavy atom. The van der Waals surface area contributed by atoms with Crippen molar-refractivity contribution in [2.75, 3.05) is 0 Å². The fourth-order valence-electron chi connectivity index (χ4n) is 0.979. The summed E-state index contributed by atoms with van der Waals surface area (Å²) in [5, 5.41) is 0. The molecule has 0 aliphatic rings. The predicted molar refractivity (Wildman–Crippen MR) is 53.9 cm³/mol. The summed E-state index contributed by atoms with van der Waals surface area (Å²) < 4.78 is 0. The van der Waals surface area contributed by atoms with E-state index in [0.29, 0.717) is 5.57 Å². The van der Waals surface area contributed by atoms with Gasteiger partial charge < -0.3 is 0 Å². The molecule has 0 saturated heterocycles. The van der Waals surface area contributed by atoms with Crippen molar-refractivity contribution in [2.24, 2.45) is 0 Å². The van der Waals surface area contributed by atoms with Crippen molar-refractivity contribution in [3.8, 4) is 12.3 Å². The van der Waals surface area contributed by atoms with Crippen molar-refractivity contribution in [1.82, 2.24) is 0 Å². The summed E-state index contributed by atoms with van der Waals surface area (Å²) in [5.41, 5.74) is 1.58. The maximum atomic E-state index is 11.0. The fraction of sp³-hybridized carbons (Fsp3) is 0.0833. The van der Waals surface area contributed by atoms with E-state index in [-0.39, 0.29) is 5.78 Å². The number of allylic oxidation sites excluding steroid dienone is 1. The maximum absolute atomic E-state index is 11.0. The van der Waals surface area contributed by atoms with Gasteiger partial charge in [-0.2, -0.15) is 0 Å². The first-order valence-electron chi connectivity index (χ1n) is 3.98. The second-order valence-corrected chi connectivity index (χ2v) is 2.71. The molecule has 0 spiro atoms. The molecule has 0 unspecified atom stereocenters. The number of Topliss-reactive ketones (excluding diaryl/α,β-unsaturated/α-hetero) is 1. The fourth-order valence-corrected chi connectivity index (χ4v) is 0.979. The highest BCUT2D eigenvalue weighted by Gasteiger charge is 1.98. The van der Waals surface area contributed by atoms with Crippen LogP contribution in [0.1, 0.15) is 12.5 Å². The highest BCUT2D eigenvalue weighted by Crippen LogP contribution is 2.06. The van der Waals surface area contributed by atoms with Gasteiger partial charge in [0.1, 0.15) is 0 Å². The van der Waals surface area contributed by atoms with Crippen LogP contribution in [0.3, 0.4) is 0 Å². The minimum atomic E-state index is -0.260. The van der Waals surface area contributed by atoms with Crippen LogP contribution in [0.25, 0.3) is 6.08 Å². The monoisotopic (exact) mass is 170 g/mol. The molecule has 0 fully saturated rings. The minimum Gasteiger partial charge on any atom is -0.280 e. The average Bonchev–Trinajstić information content (AvgIpc) is 2.18. The van der Waals surface area contributed by atoms with Crippen molar-refractivity contribution in [3.05, 3.63) is 41.5 Å². The van der Waals surface area contributed by atoms with Crippen LogP contribution in [-0.2, 0) is 4.79 Å². The highest BCUT2D eigenvalue weighted by molar-refractivity contribution is 6.10. The number of carbonyl (C=O) groups excluding carboxylic acids is 1. The van der Waals surface area contributed by atoms with E-state index in [1.165, 1.54) is 0 Å². The Morgan fingerprint density at radius 2 is 2.00 bits per heavy atom. The largest absolute Gasteiger partial charge is 0.280 e. The molecule has 1 rings (SSSR count). The van der Waals surface area contributed by atoms with Crippen LogP contribution in [0, 0.1) is 12.3 Å². The van der Waals surface area contributed by atoms with Gasteiger partial charge in [-0.1, -0.05) is 30.3 Å². The van der Waals surface area contributed by atoms with Crippen molar-refractivity contribution >= 4 is 11.9 Å². The Bertz CT molecular complexity index is 366. The Hall–Kier alpha value is -1.81. The number of benzene rings is 1. The second kappa shape index (κ2) is 4.27. The van der Waals surface area contributed by atoms with E-state index in [2.05, 4.69) is 5.92 Å².